The van der Waals surface area contributed by atoms with E-state index in [1.54, 1.807) is 35.2 Å². The molecule has 0 spiro atoms. The van der Waals surface area contributed by atoms with Crippen LogP contribution in [0, 0.1) is 25.2 Å². The van der Waals surface area contributed by atoms with E-state index in [9.17, 15) is 10.1 Å². The third-order valence-electron chi connectivity index (χ3n) is 7.33. The topological polar surface area (TPSA) is 79.4 Å². The summed E-state index contributed by atoms with van der Waals surface area (Å²) in [6.45, 7) is 4.33. The minimum atomic E-state index is -0.595. The van der Waals surface area contributed by atoms with Crippen LogP contribution >= 0.6 is 34.8 Å². The molecular weight excluding hydrogens is 553 g/mol. The standard InChI is InChI=1S/C31H26Cl3N3O2/c1-17-13-18(2)22(14-19(17)16-39-21-11-9-20(32)10-12-21)28-23(15-35)31(36)37(25-6-4-8-27(38)29(25)28)26-7-3-5-24(33)30(26)34/h3,5,7,9-14,28H,4,6,8,16,36H2,1-2H3. The molecule has 1 unspecified atom stereocenters. The Morgan fingerprint density at radius 1 is 1.05 bits per heavy atom. The summed E-state index contributed by atoms with van der Waals surface area (Å²) in [5.41, 5.74) is 12.7. The zero-order valence-corrected chi connectivity index (χ0v) is 23.8. The van der Waals surface area contributed by atoms with Gasteiger partial charge >= 0.3 is 0 Å². The van der Waals surface area contributed by atoms with Gasteiger partial charge in [-0.15, -0.1) is 0 Å². The Labute approximate surface area is 243 Å². The molecular formula is C31H26Cl3N3O2. The number of Topliss-reactive ketones (excluding diaryl/α,β-unsaturated/α-hetero) is 1. The van der Waals surface area contributed by atoms with Crippen LogP contribution in [0.15, 0.2) is 77.3 Å². The minimum Gasteiger partial charge on any atom is -0.489 e. The molecule has 1 aliphatic carbocycles. The molecule has 39 heavy (non-hydrogen) atoms. The summed E-state index contributed by atoms with van der Waals surface area (Å²) in [6.07, 6.45) is 1.71. The lowest BCUT2D eigenvalue weighted by molar-refractivity contribution is -0.116. The molecule has 1 aliphatic heterocycles. The van der Waals surface area contributed by atoms with Crippen molar-refractivity contribution in [3.63, 3.8) is 0 Å². The van der Waals surface area contributed by atoms with Crippen molar-refractivity contribution in [1.29, 1.82) is 5.26 Å². The summed E-state index contributed by atoms with van der Waals surface area (Å²) in [5.74, 6) is 0.353. The first-order valence-electron chi connectivity index (χ1n) is 12.6. The number of nitrogens with zero attached hydrogens (tertiary/aromatic N) is 2. The van der Waals surface area contributed by atoms with E-state index in [2.05, 4.69) is 12.1 Å². The van der Waals surface area contributed by atoms with Crippen LogP contribution in [0.1, 0.15) is 47.4 Å². The summed E-state index contributed by atoms with van der Waals surface area (Å²) in [5, 5.41) is 11.7. The Bertz CT molecular complexity index is 1590. The number of halogens is 3. The first kappa shape index (κ1) is 27.1. The molecule has 0 radical (unpaired) electrons. The monoisotopic (exact) mass is 577 g/mol. The molecule has 8 heteroatoms. The Balaban J connectivity index is 1.64. The number of allylic oxidation sites excluding steroid dienone is 3. The molecule has 3 aromatic rings. The molecule has 0 amide bonds. The second kappa shape index (κ2) is 11.0. The molecule has 0 fully saturated rings. The number of ether oxygens (including phenoxy) is 1. The van der Waals surface area contributed by atoms with Crippen LogP contribution in [-0.4, -0.2) is 5.78 Å². The number of carbonyl (C=O) groups excluding carboxylic acids is 1. The first-order chi connectivity index (χ1) is 18.7. The van der Waals surface area contributed by atoms with Crippen molar-refractivity contribution in [1.82, 2.24) is 0 Å². The van der Waals surface area contributed by atoms with Gasteiger partial charge in [-0.1, -0.05) is 53.0 Å². The highest BCUT2D eigenvalue weighted by Crippen LogP contribution is 2.49. The van der Waals surface area contributed by atoms with Gasteiger partial charge in [0.2, 0.25) is 0 Å². The number of nitrogens with two attached hydrogens (primary N) is 1. The lowest BCUT2D eigenvalue weighted by Gasteiger charge is -2.40. The number of hydrogen-bond donors (Lipinski definition) is 1. The van der Waals surface area contributed by atoms with Crippen LogP contribution in [0.25, 0.3) is 0 Å². The molecule has 0 saturated carbocycles. The van der Waals surface area contributed by atoms with Crippen molar-refractivity contribution in [2.24, 2.45) is 5.73 Å². The van der Waals surface area contributed by atoms with Crippen molar-refractivity contribution in [3.8, 4) is 11.8 Å². The Hall–Kier alpha value is -3.43. The normalized spacial score (nSPS) is 17.3. The molecule has 0 aromatic heterocycles. The third kappa shape index (κ3) is 5.01. The molecule has 0 saturated heterocycles. The maximum Gasteiger partial charge on any atom is 0.161 e. The molecule has 3 aromatic carbocycles. The van der Waals surface area contributed by atoms with Gasteiger partial charge in [0, 0.05) is 22.7 Å². The number of rotatable bonds is 5. The lowest BCUT2D eigenvalue weighted by atomic mass is 9.74. The van der Waals surface area contributed by atoms with E-state index in [0.717, 1.165) is 28.0 Å². The van der Waals surface area contributed by atoms with Gasteiger partial charge in [-0.05, 0) is 85.3 Å². The van der Waals surface area contributed by atoms with Crippen LogP contribution in [0.2, 0.25) is 15.1 Å². The number of nitriles is 1. The average Bonchev–Trinajstić information content (AvgIpc) is 2.91. The second-order valence-electron chi connectivity index (χ2n) is 9.77. The van der Waals surface area contributed by atoms with Crippen molar-refractivity contribution in [2.75, 3.05) is 4.90 Å². The van der Waals surface area contributed by atoms with Gasteiger partial charge in [-0.2, -0.15) is 5.26 Å². The predicted molar refractivity (Wildman–Crippen MR) is 156 cm³/mol. The van der Waals surface area contributed by atoms with E-state index >= 15 is 0 Å². The maximum atomic E-state index is 13.6. The maximum absolute atomic E-state index is 13.6. The Kier molecular flexibility index (Phi) is 7.64. The fraction of sp³-hybridized carbons (Fsp3) is 0.226. The van der Waals surface area contributed by atoms with E-state index in [-0.39, 0.29) is 11.6 Å². The van der Waals surface area contributed by atoms with Crippen LogP contribution in [0.5, 0.6) is 5.75 Å². The largest absolute Gasteiger partial charge is 0.489 e. The van der Waals surface area contributed by atoms with E-state index < -0.39 is 5.92 Å². The molecule has 2 N–H and O–H groups in total. The second-order valence-corrected chi connectivity index (χ2v) is 11.0. The smallest absolute Gasteiger partial charge is 0.161 e. The van der Waals surface area contributed by atoms with Gasteiger partial charge in [0.1, 0.15) is 18.2 Å². The van der Waals surface area contributed by atoms with Gasteiger partial charge in [0.25, 0.3) is 0 Å². The highest BCUT2D eigenvalue weighted by Gasteiger charge is 2.41. The van der Waals surface area contributed by atoms with E-state index in [4.69, 9.17) is 45.3 Å². The van der Waals surface area contributed by atoms with Crippen molar-refractivity contribution >= 4 is 46.3 Å². The average molecular weight is 579 g/mol. The molecule has 1 heterocycles. The number of benzene rings is 3. The van der Waals surface area contributed by atoms with Crippen molar-refractivity contribution < 1.29 is 9.53 Å². The predicted octanol–water partition coefficient (Wildman–Crippen LogP) is 8.15. The highest BCUT2D eigenvalue weighted by atomic mass is 35.5. The zero-order chi connectivity index (χ0) is 27.8. The van der Waals surface area contributed by atoms with Gasteiger partial charge in [0.05, 0.1) is 33.3 Å². The van der Waals surface area contributed by atoms with Crippen LogP contribution in [0.4, 0.5) is 5.69 Å². The van der Waals surface area contributed by atoms with E-state index in [1.165, 1.54) is 0 Å². The van der Waals surface area contributed by atoms with Gasteiger partial charge in [-0.3, -0.25) is 9.69 Å². The Morgan fingerprint density at radius 2 is 1.79 bits per heavy atom. The van der Waals surface area contributed by atoms with Crippen molar-refractivity contribution in [3.05, 3.63) is 115 Å². The van der Waals surface area contributed by atoms with Gasteiger partial charge < -0.3 is 10.5 Å². The zero-order valence-electron chi connectivity index (χ0n) is 21.5. The summed E-state index contributed by atoms with van der Waals surface area (Å²) < 4.78 is 6.04. The quantitative estimate of drug-likeness (QED) is 0.330. The highest BCUT2D eigenvalue weighted by molar-refractivity contribution is 6.43. The summed E-state index contributed by atoms with van der Waals surface area (Å²) in [7, 11) is 0. The molecule has 5 rings (SSSR count). The number of anilines is 1. The number of carbonyl (C=O) groups is 1. The summed E-state index contributed by atoms with van der Waals surface area (Å²) in [4.78, 5) is 15.3. The van der Waals surface area contributed by atoms with Crippen LogP contribution in [-0.2, 0) is 11.4 Å². The molecule has 5 nitrogen and oxygen atoms in total. The van der Waals surface area contributed by atoms with Crippen LogP contribution in [0.3, 0.4) is 0 Å². The minimum absolute atomic E-state index is 0.00332. The molecule has 198 valence electrons. The van der Waals surface area contributed by atoms with E-state index in [0.29, 0.717) is 63.5 Å². The first-order valence-corrected chi connectivity index (χ1v) is 13.7. The molecule has 2 aliphatic rings. The summed E-state index contributed by atoms with van der Waals surface area (Å²) in [6, 6.07) is 18.9. The fourth-order valence-electron chi connectivity index (χ4n) is 5.41. The third-order valence-corrected chi connectivity index (χ3v) is 8.39. The lowest BCUT2D eigenvalue weighted by Crippen LogP contribution is -2.39. The van der Waals surface area contributed by atoms with Crippen LogP contribution < -0.4 is 15.4 Å². The summed E-state index contributed by atoms with van der Waals surface area (Å²) >= 11 is 18.9. The van der Waals surface area contributed by atoms with Crippen molar-refractivity contribution in [2.45, 2.75) is 45.6 Å². The molecule has 1 atom stereocenters. The number of aryl methyl sites for hydroxylation is 2. The molecule has 0 bridgehead atoms. The van der Waals surface area contributed by atoms with E-state index in [1.807, 2.05) is 32.0 Å². The SMILES string of the molecule is Cc1cc(C)c(C2C(C#N)=C(N)N(c3cccc(Cl)c3Cl)C3=C2C(=O)CCC3)cc1COc1ccc(Cl)cc1. The number of hydrogen-bond acceptors (Lipinski definition) is 5. The van der Waals surface area contributed by atoms with Gasteiger partial charge in [0.15, 0.2) is 5.78 Å². The fourth-order valence-corrected chi connectivity index (χ4v) is 5.92. The number of ketones is 1. The Morgan fingerprint density at radius 3 is 2.51 bits per heavy atom. The van der Waals surface area contributed by atoms with Gasteiger partial charge in [-0.25, -0.2) is 0 Å².